The molecule has 16 heteroatoms. The Balaban J connectivity index is 1.16. The van der Waals surface area contributed by atoms with E-state index in [2.05, 4.69) is 15.4 Å². The lowest BCUT2D eigenvalue weighted by Crippen LogP contribution is -2.43. The van der Waals surface area contributed by atoms with Crippen molar-refractivity contribution >= 4 is 41.4 Å². The van der Waals surface area contributed by atoms with E-state index in [1.54, 1.807) is 66.7 Å². The second kappa shape index (κ2) is 15.7. The third kappa shape index (κ3) is 7.74. The molecule has 1 aromatic heterocycles. The summed E-state index contributed by atoms with van der Waals surface area (Å²) in [4.78, 5) is 96.2. The number of nitrogens with one attached hydrogen (secondary N) is 1. The number of carbonyl (C=O) groups is 6. The minimum absolute atomic E-state index is 0.128. The zero-order chi connectivity index (χ0) is 38.5. The Kier molecular flexibility index (Phi) is 10.3. The van der Waals surface area contributed by atoms with Crippen molar-refractivity contribution in [1.29, 1.82) is 0 Å². The summed E-state index contributed by atoms with van der Waals surface area (Å²) in [6, 6.07) is 30.0. The predicted molar refractivity (Wildman–Crippen MR) is 189 cm³/mol. The summed E-state index contributed by atoms with van der Waals surface area (Å²) >= 11 is 0. The van der Waals surface area contributed by atoms with Crippen LogP contribution in [0.1, 0.15) is 58.0 Å². The van der Waals surface area contributed by atoms with Gasteiger partial charge in [0.2, 0.25) is 5.91 Å². The number of ether oxygens (including phenoxy) is 4. The van der Waals surface area contributed by atoms with Crippen LogP contribution in [-0.2, 0) is 23.7 Å². The van der Waals surface area contributed by atoms with Crippen LogP contribution in [0.2, 0.25) is 0 Å². The molecule has 0 aliphatic carbocycles. The van der Waals surface area contributed by atoms with Gasteiger partial charge in [0.05, 0.1) is 34.0 Å². The van der Waals surface area contributed by atoms with Gasteiger partial charge in [-0.3, -0.25) is 19.3 Å². The molecule has 4 atom stereocenters. The fourth-order valence-electron chi connectivity index (χ4n) is 5.95. The molecule has 4 aromatic carbocycles. The van der Waals surface area contributed by atoms with Gasteiger partial charge in [-0.2, -0.15) is 14.8 Å². The van der Waals surface area contributed by atoms with E-state index in [1.807, 2.05) is 0 Å². The van der Waals surface area contributed by atoms with Crippen LogP contribution in [0.3, 0.4) is 0 Å². The highest BCUT2D eigenvalue weighted by Gasteiger charge is 2.52. The molecular weight excluding hydrogens is 714 g/mol. The van der Waals surface area contributed by atoms with Crippen LogP contribution >= 0.6 is 0 Å². The fraction of sp³-hybridized carbons (Fsp3) is 0.154. The molecule has 1 fully saturated rings. The summed E-state index contributed by atoms with van der Waals surface area (Å²) in [5.41, 5.74) is -0.283. The van der Waals surface area contributed by atoms with Crippen LogP contribution < -0.4 is 11.0 Å². The van der Waals surface area contributed by atoms with Crippen LogP contribution in [0, 0.1) is 0 Å². The van der Waals surface area contributed by atoms with Crippen molar-refractivity contribution in [3.8, 4) is 0 Å². The van der Waals surface area contributed by atoms with Gasteiger partial charge in [-0.25, -0.2) is 19.2 Å². The summed E-state index contributed by atoms with van der Waals surface area (Å²) in [6.45, 7) is -1.18. The number of nitrogens with zero attached hydrogens (tertiary/aromatic N) is 4. The molecule has 5 aromatic rings. The summed E-state index contributed by atoms with van der Waals surface area (Å²) in [5.74, 6) is -4.90. The number of carbonyl (C=O) groups excluding carboxylic acids is 6. The Morgan fingerprint density at radius 3 is 1.67 bits per heavy atom. The number of fused-ring (bicyclic) bond motifs is 1. The van der Waals surface area contributed by atoms with Gasteiger partial charge in [-0.05, 0) is 48.5 Å². The van der Waals surface area contributed by atoms with Crippen LogP contribution in [0.4, 0.5) is 5.82 Å². The number of rotatable bonds is 11. The maximum absolute atomic E-state index is 13.5. The summed E-state index contributed by atoms with van der Waals surface area (Å²) < 4.78 is 24.1. The molecule has 1 saturated heterocycles. The average molecular weight is 744 g/mol. The highest BCUT2D eigenvalue weighted by Crippen LogP contribution is 2.34. The summed E-state index contributed by atoms with van der Waals surface area (Å²) in [5, 5.41) is 6.45. The lowest BCUT2D eigenvalue weighted by atomic mass is 10.1. The normalized spacial score (nSPS) is 18.7. The molecule has 4 unspecified atom stereocenters. The molecule has 2 aliphatic heterocycles. The first-order valence-corrected chi connectivity index (χ1v) is 16.8. The minimum atomic E-state index is -1.59. The quantitative estimate of drug-likeness (QED) is 0.118. The van der Waals surface area contributed by atoms with Gasteiger partial charge >= 0.3 is 23.6 Å². The largest absolute Gasteiger partial charge is 0.459 e. The second-order valence-electron chi connectivity index (χ2n) is 12.2. The van der Waals surface area contributed by atoms with Crippen molar-refractivity contribution in [2.24, 2.45) is 0 Å². The number of amides is 3. The van der Waals surface area contributed by atoms with E-state index in [0.717, 1.165) is 11.1 Å². The van der Waals surface area contributed by atoms with Crippen LogP contribution in [-0.4, -0.2) is 86.8 Å². The maximum Gasteiger partial charge on any atom is 0.368 e. The molecule has 3 amide bonds. The predicted octanol–water partition coefficient (Wildman–Crippen LogP) is 3.08. The van der Waals surface area contributed by atoms with Gasteiger partial charge < -0.3 is 24.3 Å². The first kappa shape index (κ1) is 36.0. The summed E-state index contributed by atoms with van der Waals surface area (Å²) in [6.07, 6.45) is -4.91. The first-order chi connectivity index (χ1) is 26.7. The van der Waals surface area contributed by atoms with E-state index < -0.39 is 79.0 Å². The molecule has 55 heavy (non-hydrogen) atoms. The van der Waals surface area contributed by atoms with Gasteiger partial charge in [0, 0.05) is 0 Å². The molecule has 0 bridgehead atoms. The Morgan fingerprint density at radius 1 is 0.655 bits per heavy atom. The monoisotopic (exact) mass is 743 g/mol. The molecule has 0 radical (unpaired) electrons. The number of esters is 3. The van der Waals surface area contributed by atoms with Gasteiger partial charge in [-0.1, -0.05) is 66.7 Å². The van der Waals surface area contributed by atoms with Crippen molar-refractivity contribution in [3.63, 3.8) is 0 Å². The molecule has 0 saturated carbocycles. The zero-order valence-electron chi connectivity index (χ0n) is 28.6. The summed E-state index contributed by atoms with van der Waals surface area (Å²) in [7, 11) is 0. The van der Waals surface area contributed by atoms with Gasteiger partial charge in [0.1, 0.15) is 19.3 Å². The molecule has 16 nitrogen and oxygen atoms in total. The molecular formula is C39H29N5O11. The number of hydrogen-bond donors (Lipinski definition) is 1. The van der Waals surface area contributed by atoms with Crippen LogP contribution in [0.15, 0.2) is 126 Å². The van der Waals surface area contributed by atoms with Gasteiger partial charge in [-0.15, -0.1) is 0 Å². The third-order valence-corrected chi connectivity index (χ3v) is 8.58. The topological polar surface area (TPSA) is 202 Å². The highest BCUT2D eigenvalue weighted by atomic mass is 16.7. The molecule has 0 spiro atoms. The Labute approximate surface area is 311 Å². The van der Waals surface area contributed by atoms with Crippen molar-refractivity contribution in [2.45, 2.75) is 24.5 Å². The number of benzene rings is 4. The van der Waals surface area contributed by atoms with E-state index in [-0.39, 0.29) is 33.6 Å². The zero-order valence-corrected chi connectivity index (χ0v) is 28.6. The first-order valence-electron chi connectivity index (χ1n) is 16.8. The number of anilines is 1. The van der Waals surface area contributed by atoms with Crippen molar-refractivity contribution in [2.75, 3.05) is 18.5 Å². The van der Waals surface area contributed by atoms with Crippen molar-refractivity contribution < 1.29 is 47.7 Å². The number of hydrogen-bond acceptors (Lipinski definition) is 13. The molecule has 3 heterocycles. The van der Waals surface area contributed by atoms with E-state index in [4.69, 9.17) is 18.9 Å². The third-order valence-electron chi connectivity index (χ3n) is 8.58. The second-order valence-corrected chi connectivity index (χ2v) is 12.2. The number of imide groups is 1. The van der Waals surface area contributed by atoms with Crippen molar-refractivity contribution in [3.05, 3.63) is 160 Å². The van der Waals surface area contributed by atoms with E-state index >= 15 is 0 Å². The average Bonchev–Trinajstić information content (AvgIpc) is 3.66. The Hall–Kier alpha value is -7.33. The molecule has 1 N–H and O–H groups in total. The van der Waals surface area contributed by atoms with E-state index in [9.17, 15) is 33.6 Å². The number of aromatic nitrogens is 3. The molecule has 7 rings (SSSR count). The Bertz CT molecular complexity index is 2300. The van der Waals surface area contributed by atoms with E-state index in [1.165, 1.54) is 48.5 Å². The smallest absolute Gasteiger partial charge is 0.368 e. The van der Waals surface area contributed by atoms with Gasteiger partial charge in [0.25, 0.3) is 11.8 Å². The van der Waals surface area contributed by atoms with E-state index in [0.29, 0.717) is 4.68 Å². The molecule has 276 valence electrons. The van der Waals surface area contributed by atoms with Gasteiger partial charge in [0.15, 0.2) is 24.3 Å². The fourth-order valence-corrected chi connectivity index (χ4v) is 5.95. The highest BCUT2D eigenvalue weighted by molar-refractivity contribution is 6.22. The Morgan fingerprint density at radius 2 is 1.15 bits per heavy atom. The van der Waals surface area contributed by atoms with Crippen LogP contribution in [0.5, 0.6) is 0 Å². The minimum Gasteiger partial charge on any atom is -0.459 e. The molecule has 2 aliphatic rings. The van der Waals surface area contributed by atoms with Crippen molar-refractivity contribution in [1.82, 2.24) is 19.7 Å². The lowest BCUT2D eigenvalue weighted by Gasteiger charge is -2.24. The SMILES string of the molecule is O=C(CN1C(=O)c2ccccc2C1=O)Nc1cnn(C2OC(COC(=O)c3ccccc3)C(OC(=O)c3ccccc3)C2OC(=O)c2ccccc2)c(=O)n1. The standard InChI is InChI=1S/C39H29N5O11/c45-30(21-43-33(46)26-18-10-11-19-27(26)34(43)47)41-29-20-40-44(39(51)42-29)35-32(55-38(50)25-16-8-3-9-17-25)31(54-37(49)24-14-6-2-7-15-24)28(53-35)22-52-36(48)23-12-4-1-5-13-23/h1-20,28,31-32,35H,21-22H2,(H,41,42,45,51). The lowest BCUT2D eigenvalue weighted by molar-refractivity contribution is -0.116. The maximum atomic E-state index is 13.5. The van der Waals surface area contributed by atoms with Crippen LogP contribution in [0.25, 0.3) is 0 Å².